The summed E-state index contributed by atoms with van der Waals surface area (Å²) in [6.45, 7) is 3.26. The van der Waals surface area contributed by atoms with Gasteiger partial charge in [0.25, 0.3) is 11.8 Å². The van der Waals surface area contributed by atoms with E-state index in [1.807, 2.05) is 6.92 Å². The predicted octanol–water partition coefficient (Wildman–Crippen LogP) is 1.22. The van der Waals surface area contributed by atoms with Crippen molar-refractivity contribution in [3.05, 3.63) is 47.5 Å². The second-order valence-electron chi connectivity index (χ2n) is 7.09. The predicted molar refractivity (Wildman–Crippen MR) is 104 cm³/mol. The van der Waals surface area contributed by atoms with E-state index in [-0.39, 0.29) is 17.9 Å². The van der Waals surface area contributed by atoms with E-state index >= 15 is 0 Å². The summed E-state index contributed by atoms with van der Waals surface area (Å²) in [6.07, 6.45) is 0. The second-order valence-corrected chi connectivity index (χ2v) is 7.09. The van der Waals surface area contributed by atoms with E-state index in [2.05, 4.69) is 30.8 Å². The summed E-state index contributed by atoms with van der Waals surface area (Å²) in [7, 11) is 0. The number of nitrogens with zero attached hydrogens (tertiary/aromatic N) is 6. The van der Waals surface area contributed by atoms with Crippen LogP contribution in [-0.2, 0) is 0 Å². The van der Waals surface area contributed by atoms with Gasteiger partial charge in [0.15, 0.2) is 0 Å². The van der Waals surface area contributed by atoms with Crippen molar-refractivity contribution in [2.45, 2.75) is 13.0 Å². The zero-order valence-corrected chi connectivity index (χ0v) is 15.7. The Morgan fingerprint density at radius 2 is 1.45 bits per heavy atom. The second kappa shape index (κ2) is 6.66. The van der Waals surface area contributed by atoms with Crippen LogP contribution in [0.1, 0.15) is 27.6 Å². The normalized spacial score (nSPS) is 17.2. The van der Waals surface area contributed by atoms with Crippen molar-refractivity contribution in [2.75, 3.05) is 19.6 Å². The molecule has 0 unspecified atom stereocenters. The first-order valence-corrected chi connectivity index (χ1v) is 9.32. The molecule has 3 heterocycles. The fourth-order valence-electron chi connectivity index (χ4n) is 3.85. The number of aromatic amines is 2. The van der Waals surface area contributed by atoms with E-state index in [4.69, 9.17) is 0 Å². The number of piperazine rings is 1. The van der Waals surface area contributed by atoms with Gasteiger partial charge in [0, 0.05) is 25.7 Å². The number of nitrogens with one attached hydrogen (secondary N) is 2. The number of carbonyl (C=O) groups excluding carboxylic acids is 2. The van der Waals surface area contributed by atoms with Gasteiger partial charge in [-0.15, -0.1) is 0 Å². The molecular formula is C19H18N8O2. The first-order chi connectivity index (χ1) is 14.1. The standard InChI is InChI=1S/C19H18N8O2/c1-11-10-26(18(28)12-4-2-6-14-16(12)22-24-20-14)8-9-27(11)19(29)13-5-3-7-15-17(13)23-25-21-15/h2-7,11H,8-10H2,1H3,(H,20,22,24)(H,21,23,25)/t11-/m0/s1. The monoisotopic (exact) mass is 390 g/mol. The van der Waals surface area contributed by atoms with Gasteiger partial charge in [-0.05, 0) is 31.2 Å². The van der Waals surface area contributed by atoms with Crippen LogP contribution >= 0.6 is 0 Å². The molecular weight excluding hydrogens is 372 g/mol. The Morgan fingerprint density at radius 1 is 0.862 bits per heavy atom. The average Bonchev–Trinajstić information content (AvgIpc) is 3.41. The Balaban J connectivity index is 1.37. The van der Waals surface area contributed by atoms with Gasteiger partial charge in [0.2, 0.25) is 0 Å². The van der Waals surface area contributed by atoms with Crippen LogP contribution < -0.4 is 0 Å². The van der Waals surface area contributed by atoms with Gasteiger partial charge < -0.3 is 9.80 Å². The molecule has 0 saturated carbocycles. The number of H-pyrrole nitrogens is 2. The lowest BCUT2D eigenvalue weighted by atomic mass is 10.1. The molecule has 1 atom stereocenters. The van der Waals surface area contributed by atoms with Gasteiger partial charge in [-0.2, -0.15) is 30.8 Å². The third kappa shape index (κ3) is 2.80. The van der Waals surface area contributed by atoms with Crippen LogP contribution in [0.15, 0.2) is 36.4 Å². The number of hydrogen-bond acceptors (Lipinski definition) is 6. The van der Waals surface area contributed by atoms with Crippen LogP contribution in [0.4, 0.5) is 0 Å². The van der Waals surface area contributed by atoms with Crippen molar-refractivity contribution in [1.82, 2.24) is 40.6 Å². The molecule has 1 fully saturated rings. The number of benzene rings is 2. The van der Waals surface area contributed by atoms with E-state index in [0.717, 1.165) is 0 Å². The number of fused-ring (bicyclic) bond motifs is 2. The number of para-hydroxylation sites is 2. The Bertz CT molecular complexity index is 1230. The summed E-state index contributed by atoms with van der Waals surface area (Å²) < 4.78 is 0. The summed E-state index contributed by atoms with van der Waals surface area (Å²) in [4.78, 5) is 29.7. The maximum Gasteiger partial charge on any atom is 0.256 e. The molecule has 4 aromatic rings. The third-order valence-corrected chi connectivity index (χ3v) is 5.33. The van der Waals surface area contributed by atoms with Crippen LogP contribution in [-0.4, -0.2) is 78.1 Å². The third-order valence-electron chi connectivity index (χ3n) is 5.33. The van der Waals surface area contributed by atoms with Crippen molar-refractivity contribution in [2.24, 2.45) is 0 Å². The van der Waals surface area contributed by atoms with Gasteiger partial charge in [-0.25, -0.2) is 0 Å². The maximum atomic E-state index is 13.1. The zero-order valence-electron chi connectivity index (χ0n) is 15.7. The fourth-order valence-corrected chi connectivity index (χ4v) is 3.85. The van der Waals surface area contributed by atoms with Crippen molar-refractivity contribution < 1.29 is 9.59 Å². The average molecular weight is 390 g/mol. The highest BCUT2D eigenvalue weighted by molar-refractivity contribution is 6.06. The maximum absolute atomic E-state index is 13.1. The minimum atomic E-state index is -0.140. The number of carbonyl (C=O) groups is 2. The molecule has 0 spiro atoms. The molecule has 5 rings (SSSR count). The summed E-state index contributed by atoms with van der Waals surface area (Å²) in [5.41, 5.74) is 3.43. The quantitative estimate of drug-likeness (QED) is 0.530. The van der Waals surface area contributed by atoms with Gasteiger partial charge >= 0.3 is 0 Å². The Labute approximate surface area is 164 Å². The number of rotatable bonds is 2. The highest BCUT2D eigenvalue weighted by Crippen LogP contribution is 2.21. The molecule has 10 nitrogen and oxygen atoms in total. The summed E-state index contributed by atoms with van der Waals surface area (Å²) in [6, 6.07) is 10.6. The van der Waals surface area contributed by atoms with Crippen molar-refractivity contribution in [3.8, 4) is 0 Å². The van der Waals surface area contributed by atoms with Crippen LogP contribution in [0, 0.1) is 0 Å². The molecule has 0 radical (unpaired) electrons. The molecule has 0 bridgehead atoms. The Morgan fingerprint density at radius 3 is 2.03 bits per heavy atom. The molecule has 10 heteroatoms. The summed E-state index contributed by atoms with van der Waals surface area (Å²) >= 11 is 0. The lowest BCUT2D eigenvalue weighted by Gasteiger charge is -2.40. The minimum absolute atomic E-state index is 0.109. The highest BCUT2D eigenvalue weighted by Gasteiger charge is 2.32. The molecule has 1 aliphatic rings. The highest BCUT2D eigenvalue weighted by atomic mass is 16.2. The van der Waals surface area contributed by atoms with E-state index in [9.17, 15) is 9.59 Å². The molecule has 2 N–H and O–H groups in total. The summed E-state index contributed by atoms with van der Waals surface area (Å²) in [5, 5.41) is 21.4. The van der Waals surface area contributed by atoms with Gasteiger partial charge in [0.05, 0.1) is 11.1 Å². The fraction of sp³-hybridized carbons (Fsp3) is 0.263. The van der Waals surface area contributed by atoms with Gasteiger partial charge in [-0.1, -0.05) is 12.1 Å². The minimum Gasteiger partial charge on any atom is -0.335 e. The molecule has 146 valence electrons. The number of hydrogen-bond donors (Lipinski definition) is 2. The first-order valence-electron chi connectivity index (χ1n) is 9.32. The molecule has 2 aromatic carbocycles. The van der Waals surface area contributed by atoms with Gasteiger partial charge in [-0.3, -0.25) is 9.59 Å². The molecule has 1 saturated heterocycles. The lowest BCUT2D eigenvalue weighted by molar-refractivity contribution is 0.0416. The number of aromatic nitrogens is 6. The van der Waals surface area contributed by atoms with Gasteiger partial charge in [0.1, 0.15) is 22.1 Å². The molecule has 1 aliphatic heterocycles. The van der Waals surface area contributed by atoms with Crippen molar-refractivity contribution >= 4 is 33.9 Å². The molecule has 29 heavy (non-hydrogen) atoms. The first kappa shape index (κ1) is 17.3. The van der Waals surface area contributed by atoms with Crippen molar-refractivity contribution in [3.63, 3.8) is 0 Å². The van der Waals surface area contributed by atoms with Crippen LogP contribution in [0.2, 0.25) is 0 Å². The lowest BCUT2D eigenvalue weighted by Crippen LogP contribution is -2.55. The Kier molecular flexibility index (Phi) is 3.97. The topological polar surface area (TPSA) is 124 Å². The van der Waals surface area contributed by atoms with Crippen LogP contribution in [0.25, 0.3) is 22.1 Å². The van der Waals surface area contributed by atoms with E-state index in [0.29, 0.717) is 52.8 Å². The van der Waals surface area contributed by atoms with E-state index < -0.39 is 0 Å². The largest absolute Gasteiger partial charge is 0.335 e. The zero-order chi connectivity index (χ0) is 20.0. The van der Waals surface area contributed by atoms with Crippen LogP contribution in [0.3, 0.4) is 0 Å². The molecule has 2 amide bonds. The van der Waals surface area contributed by atoms with E-state index in [1.165, 1.54) is 0 Å². The molecule has 2 aromatic heterocycles. The number of amides is 2. The van der Waals surface area contributed by atoms with Crippen LogP contribution in [0.5, 0.6) is 0 Å². The SMILES string of the molecule is C[C@H]1CN(C(=O)c2cccc3n[nH]nc23)CCN1C(=O)c1cccc2n[nH]nc12. The smallest absolute Gasteiger partial charge is 0.256 e. The van der Waals surface area contributed by atoms with E-state index in [1.54, 1.807) is 46.2 Å². The molecule has 0 aliphatic carbocycles. The Hall–Kier alpha value is -3.82. The summed E-state index contributed by atoms with van der Waals surface area (Å²) in [5.74, 6) is -0.218. The van der Waals surface area contributed by atoms with Crippen molar-refractivity contribution in [1.29, 1.82) is 0 Å².